The number of thiazole rings is 1. The van der Waals surface area contributed by atoms with Gasteiger partial charge < -0.3 is 10.1 Å². The molecule has 146 valence electrons. The van der Waals surface area contributed by atoms with Crippen LogP contribution < -0.4 is 20.9 Å². The topological polar surface area (TPSA) is 84.5 Å². The number of amides is 2. The molecular weight excluding hydrogens is 376 g/mol. The highest BCUT2D eigenvalue weighted by Gasteiger charge is 2.15. The van der Waals surface area contributed by atoms with Crippen LogP contribution in [0.15, 0.2) is 49.0 Å². The van der Waals surface area contributed by atoms with Crippen molar-refractivity contribution in [3.05, 3.63) is 60.2 Å². The summed E-state index contributed by atoms with van der Waals surface area (Å²) in [4.78, 5) is 21.3. The van der Waals surface area contributed by atoms with Gasteiger partial charge in [-0.1, -0.05) is 48.2 Å². The molecule has 3 N–H and O–H groups in total. The minimum absolute atomic E-state index is 0.294. The Morgan fingerprint density at radius 3 is 2.75 bits per heavy atom. The molecule has 0 bridgehead atoms. The van der Waals surface area contributed by atoms with Gasteiger partial charge in [-0.25, -0.2) is 9.78 Å². The lowest BCUT2D eigenvalue weighted by Gasteiger charge is -2.11. The van der Waals surface area contributed by atoms with Gasteiger partial charge in [0.05, 0.1) is 23.0 Å². The number of aromatic nitrogens is 1. The Balaban J connectivity index is 1.91. The molecule has 0 fully saturated rings. The number of hydroxylamine groups is 1. The number of nitrogens with zero attached hydrogens (tertiary/aromatic N) is 1. The number of benzene rings is 2. The van der Waals surface area contributed by atoms with Crippen LogP contribution in [0.2, 0.25) is 0 Å². The van der Waals surface area contributed by atoms with E-state index in [1.807, 2.05) is 49.4 Å². The van der Waals surface area contributed by atoms with E-state index in [1.54, 1.807) is 0 Å². The lowest BCUT2D eigenvalue weighted by atomic mass is 10.1. The Morgan fingerprint density at radius 1 is 1.25 bits per heavy atom. The van der Waals surface area contributed by atoms with Crippen LogP contribution in [0, 0.1) is 0 Å². The van der Waals surface area contributed by atoms with Crippen LogP contribution in [-0.2, 0) is 11.4 Å². The maximum atomic E-state index is 11.8. The Hall–Kier alpha value is -3.10. The Morgan fingerprint density at radius 2 is 2.04 bits per heavy atom. The maximum Gasteiger partial charge on any atom is 0.321 e. The van der Waals surface area contributed by atoms with E-state index in [0.717, 1.165) is 15.8 Å². The molecule has 0 aliphatic heterocycles. The molecule has 0 unspecified atom stereocenters. The Bertz CT molecular complexity index is 972. The number of rotatable bonds is 8. The number of fused-ring (bicyclic) bond motifs is 1. The SMILES string of the molecule is C=C(NOC)c1cc(OCc2ccccc2)cc2nc(NC(=O)NCC)sc12. The average Bonchev–Trinajstić information content (AvgIpc) is 3.09. The Kier molecular flexibility index (Phi) is 6.46. The number of hydrogen-bond donors (Lipinski definition) is 3. The number of urea groups is 1. The van der Waals surface area contributed by atoms with Gasteiger partial charge in [0.2, 0.25) is 0 Å². The third kappa shape index (κ3) is 4.79. The van der Waals surface area contributed by atoms with E-state index < -0.39 is 0 Å². The van der Waals surface area contributed by atoms with E-state index in [-0.39, 0.29) is 6.03 Å². The molecule has 0 spiro atoms. The predicted octanol–water partition coefficient (Wildman–Crippen LogP) is 4.14. The number of carbonyl (C=O) groups excluding carboxylic acids is 1. The number of nitrogens with one attached hydrogen (secondary N) is 3. The summed E-state index contributed by atoms with van der Waals surface area (Å²) in [5.41, 5.74) is 5.89. The normalized spacial score (nSPS) is 10.5. The van der Waals surface area contributed by atoms with Gasteiger partial charge in [-0.2, -0.15) is 0 Å². The molecule has 7 nitrogen and oxygen atoms in total. The molecule has 2 aromatic carbocycles. The van der Waals surface area contributed by atoms with Crippen molar-refractivity contribution < 1.29 is 14.4 Å². The number of carbonyl (C=O) groups is 1. The van der Waals surface area contributed by atoms with Gasteiger partial charge in [0.15, 0.2) is 5.13 Å². The summed E-state index contributed by atoms with van der Waals surface area (Å²) in [6, 6.07) is 13.3. The van der Waals surface area contributed by atoms with Crippen LogP contribution in [0.5, 0.6) is 5.75 Å². The summed E-state index contributed by atoms with van der Waals surface area (Å²) < 4.78 is 6.82. The van der Waals surface area contributed by atoms with E-state index in [9.17, 15) is 4.79 Å². The third-order valence-corrected chi connectivity index (χ3v) is 4.84. The molecule has 8 heteroatoms. The minimum atomic E-state index is -0.294. The van der Waals surface area contributed by atoms with Crippen molar-refractivity contribution in [2.75, 3.05) is 19.0 Å². The molecule has 0 saturated carbocycles. The minimum Gasteiger partial charge on any atom is -0.489 e. The van der Waals surface area contributed by atoms with Crippen LogP contribution in [-0.4, -0.2) is 24.7 Å². The highest BCUT2D eigenvalue weighted by molar-refractivity contribution is 7.22. The van der Waals surface area contributed by atoms with E-state index in [1.165, 1.54) is 18.4 Å². The highest BCUT2D eigenvalue weighted by atomic mass is 32.1. The monoisotopic (exact) mass is 398 g/mol. The molecule has 0 atom stereocenters. The molecule has 3 aromatic rings. The molecule has 1 heterocycles. The van der Waals surface area contributed by atoms with Gasteiger partial charge in [-0.15, -0.1) is 0 Å². The predicted molar refractivity (Wildman–Crippen MR) is 112 cm³/mol. The van der Waals surface area contributed by atoms with E-state index in [2.05, 4.69) is 27.7 Å². The number of ether oxygens (including phenoxy) is 1. The fourth-order valence-electron chi connectivity index (χ4n) is 2.59. The highest BCUT2D eigenvalue weighted by Crippen LogP contribution is 2.35. The summed E-state index contributed by atoms with van der Waals surface area (Å²) >= 11 is 1.36. The second-order valence-electron chi connectivity index (χ2n) is 5.88. The summed E-state index contributed by atoms with van der Waals surface area (Å²) in [5.74, 6) is 0.653. The van der Waals surface area contributed by atoms with Crippen molar-refractivity contribution in [2.45, 2.75) is 13.5 Å². The molecule has 0 saturated heterocycles. The molecule has 3 rings (SSSR count). The Labute approximate surface area is 167 Å². The van der Waals surface area contributed by atoms with Gasteiger partial charge in [0, 0.05) is 18.2 Å². The van der Waals surface area contributed by atoms with Crippen LogP contribution >= 0.6 is 11.3 Å². The zero-order chi connectivity index (χ0) is 19.9. The molecule has 2 amide bonds. The van der Waals surface area contributed by atoms with E-state index in [4.69, 9.17) is 9.57 Å². The fraction of sp³-hybridized carbons (Fsp3) is 0.200. The fourth-order valence-corrected chi connectivity index (χ4v) is 3.57. The summed E-state index contributed by atoms with van der Waals surface area (Å²) in [6.45, 7) is 6.84. The third-order valence-electron chi connectivity index (χ3n) is 3.82. The lowest BCUT2D eigenvalue weighted by molar-refractivity contribution is 0.137. The number of hydrogen-bond acceptors (Lipinski definition) is 6. The first kappa shape index (κ1) is 19.7. The second-order valence-corrected chi connectivity index (χ2v) is 6.88. The van der Waals surface area contributed by atoms with Gasteiger partial charge >= 0.3 is 6.03 Å². The molecule has 1 aromatic heterocycles. The van der Waals surface area contributed by atoms with Gasteiger partial charge in [0.1, 0.15) is 12.4 Å². The van der Waals surface area contributed by atoms with Gasteiger partial charge in [-0.05, 0) is 18.6 Å². The molecular formula is C20H22N4O3S. The van der Waals surface area contributed by atoms with Crippen LogP contribution in [0.3, 0.4) is 0 Å². The zero-order valence-electron chi connectivity index (χ0n) is 15.7. The van der Waals surface area contributed by atoms with Crippen molar-refractivity contribution in [2.24, 2.45) is 0 Å². The first-order chi connectivity index (χ1) is 13.6. The molecule has 0 radical (unpaired) electrons. The van der Waals surface area contributed by atoms with Gasteiger partial charge in [-0.3, -0.25) is 15.6 Å². The first-order valence-electron chi connectivity index (χ1n) is 8.75. The quantitative estimate of drug-likeness (QED) is 0.497. The van der Waals surface area contributed by atoms with E-state index in [0.29, 0.717) is 35.2 Å². The molecule has 28 heavy (non-hydrogen) atoms. The standard InChI is InChI=1S/C20H22N4O3S/c1-4-21-19(25)23-20-22-17-11-15(27-12-14-8-6-5-7-9-14)10-16(18(17)28-20)13(2)24-26-3/h5-11,24H,2,4,12H2,1,3H3,(H2,21,22,23,25). The summed E-state index contributed by atoms with van der Waals surface area (Å²) in [5, 5.41) is 5.92. The van der Waals surface area contributed by atoms with Gasteiger partial charge in [0.25, 0.3) is 0 Å². The van der Waals surface area contributed by atoms with Crippen molar-refractivity contribution in [1.29, 1.82) is 0 Å². The zero-order valence-corrected chi connectivity index (χ0v) is 16.6. The summed E-state index contributed by atoms with van der Waals surface area (Å²) in [6.07, 6.45) is 0. The van der Waals surface area contributed by atoms with Crippen molar-refractivity contribution >= 4 is 38.4 Å². The van der Waals surface area contributed by atoms with Crippen molar-refractivity contribution in [3.8, 4) is 5.75 Å². The smallest absolute Gasteiger partial charge is 0.321 e. The largest absolute Gasteiger partial charge is 0.489 e. The average molecular weight is 398 g/mol. The second kappa shape index (κ2) is 9.20. The van der Waals surface area contributed by atoms with Crippen molar-refractivity contribution in [1.82, 2.24) is 15.8 Å². The first-order valence-corrected chi connectivity index (χ1v) is 9.56. The van der Waals surface area contributed by atoms with E-state index >= 15 is 0 Å². The maximum absolute atomic E-state index is 11.8. The summed E-state index contributed by atoms with van der Waals surface area (Å²) in [7, 11) is 1.52. The molecule has 0 aliphatic carbocycles. The van der Waals surface area contributed by atoms with Crippen LogP contribution in [0.4, 0.5) is 9.93 Å². The number of anilines is 1. The van der Waals surface area contributed by atoms with Crippen molar-refractivity contribution in [3.63, 3.8) is 0 Å². The van der Waals surface area contributed by atoms with Crippen LogP contribution in [0.25, 0.3) is 15.9 Å². The molecule has 0 aliphatic rings. The lowest BCUT2D eigenvalue weighted by Crippen LogP contribution is -2.28. The van der Waals surface area contributed by atoms with Crippen LogP contribution in [0.1, 0.15) is 18.1 Å².